The van der Waals surface area contributed by atoms with Gasteiger partial charge >= 0.3 is 10.2 Å². The van der Waals surface area contributed by atoms with Crippen molar-refractivity contribution in [1.29, 1.82) is 0 Å². The first-order valence-electron chi connectivity index (χ1n) is 10.6. The van der Waals surface area contributed by atoms with E-state index in [1.165, 1.54) is 19.0 Å². The molecule has 0 aliphatic heterocycles. The number of anilines is 1. The van der Waals surface area contributed by atoms with E-state index in [9.17, 15) is 18.0 Å². The highest BCUT2D eigenvalue weighted by molar-refractivity contribution is 7.90. The topological polar surface area (TPSA) is 90.0 Å². The van der Waals surface area contributed by atoms with Crippen LogP contribution < -0.4 is 9.62 Å². The fourth-order valence-corrected chi connectivity index (χ4v) is 4.73. The lowest BCUT2D eigenvalue weighted by atomic mass is 10.1. The van der Waals surface area contributed by atoms with E-state index >= 15 is 0 Å². The van der Waals surface area contributed by atoms with Crippen LogP contribution in [0.15, 0.2) is 48.5 Å². The van der Waals surface area contributed by atoms with Gasteiger partial charge in [-0.3, -0.25) is 9.59 Å². The first-order chi connectivity index (χ1) is 15.9. The van der Waals surface area contributed by atoms with Crippen LogP contribution in [0.25, 0.3) is 0 Å². The molecule has 1 atom stereocenters. The Morgan fingerprint density at radius 1 is 0.941 bits per heavy atom. The fourth-order valence-electron chi connectivity index (χ4n) is 3.15. The molecular weight excluding hydrogens is 499 g/mol. The molecule has 34 heavy (non-hydrogen) atoms. The van der Waals surface area contributed by atoms with Crippen LogP contribution in [0.3, 0.4) is 0 Å². The van der Waals surface area contributed by atoms with E-state index in [0.29, 0.717) is 21.3 Å². The SMILES string of the molecule is CC(C)NC(=O)[C@@H](C)N(Cc1c(Cl)cccc1Cl)C(=O)CN(c1ccccc1)S(=O)(=O)N(C)C. The summed E-state index contributed by atoms with van der Waals surface area (Å²) in [4.78, 5) is 27.7. The highest BCUT2D eigenvalue weighted by Crippen LogP contribution is 2.27. The van der Waals surface area contributed by atoms with Crippen molar-refractivity contribution in [2.45, 2.75) is 39.4 Å². The average Bonchev–Trinajstić information content (AvgIpc) is 2.76. The molecule has 2 amide bonds. The van der Waals surface area contributed by atoms with E-state index in [2.05, 4.69) is 5.32 Å². The van der Waals surface area contributed by atoms with Crippen LogP contribution in [-0.2, 0) is 26.3 Å². The second-order valence-corrected chi connectivity index (χ2v) is 11.1. The lowest BCUT2D eigenvalue weighted by Gasteiger charge is -2.33. The number of hydrogen-bond acceptors (Lipinski definition) is 4. The summed E-state index contributed by atoms with van der Waals surface area (Å²) in [6.07, 6.45) is 0. The van der Waals surface area contributed by atoms with Crippen molar-refractivity contribution < 1.29 is 18.0 Å². The van der Waals surface area contributed by atoms with Crippen molar-refractivity contribution in [2.24, 2.45) is 0 Å². The Labute approximate surface area is 211 Å². The Morgan fingerprint density at radius 3 is 2.00 bits per heavy atom. The molecule has 2 rings (SSSR count). The third-order valence-corrected chi connectivity index (χ3v) is 7.58. The van der Waals surface area contributed by atoms with Crippen molar-refractivity contribution in [3.63, 3.8) is 0 Å². The van der Waals surface area contributed by atoms with Gasteiger partial charge in [-0.05, 0) is 45.0 Å². The maximum Gasteiger partial charge on any atom is 0.304 e. The van der Waals surface area contributed by atoms with E-state index in [-0.39, 0.29) is 18.5 Å². The number of benzene rings is 2. The number of amides is 2. The fraction of sp³-hybridized carbons (Fsp3) is 0.391. The van der Waals surface area contributed by atoms with Crippen molar-refractivity contribution in [3.05, 3.63) is 64.1 Å². The lowest BCUT2D eigenvalue weighted by molar-refractivity contribution is -0.139. The molecule has 0 fully saturated rings. The molecule has 0 aliphatic carbocycles. The molecule has 0 bridgehead atoms. The minimum Gasteiger partial charge on any atom is -0.352 e. The quantitative estimate of drug-likeness (QED) is 0.510. The van der Waals surface area contributed by atoms with Gasteiger partial charge in [0.1, 0.15) is 12.6 Å². The number of carbonyl (C=O) groups is 2. The van der Waals surface area contributed by atoms with Crippen molar-refractivity contribution in [3.8, 4) is 0 Å². The molecule has 0 radical (unpaired) electrons. The summed E-state index contributed by atoms with van der Waals surface area (Å²) in [7, 11) is -1.24. The molecule has 11 heteroatoms. The van der Waals surface area contributed by atoms with Crippen LogP contribution in [0.1, 0.15) is 26.3 Å². The second-order valence-electron chi connectivity index (χ2n) is 8.19. The predicted octanol–water partition coefficient (Wildman–Crippen LogP) is 3.55. The summed E-state index contributed by atoms with van der Waals surface area (Å²) in [5, 5.41) is 3.46. The van der Waals surface area contributed by atoms with Gasteiger partial charge in [-0.1, -0.05) is 47.5 Å². The summed E-state index contributed by atoms with van der Waals surface area (Å²) in [5.74, 6) is -0.968. The second kappa shape index (κ2) is 11.9. The first kappa shape index (κ1) is 27.9. The third kappa shape index (κ3) is 6.85. The monoisotopic (exact) mass is 528 g/mol. The summed E-state index contributed by atoms with van der Waals surface area (Å²) < 4.78 is 28.2. The van der Waals surface area contributed by atoms with Gasteiger partial charge < -0.3 is 10.2 Å². The number of rotatable bonds is 10. The number of nitrogens with zero attached hydrogens (tertiary/aromatic N) is 3. The number of halogens is 2. The Bertz CT molecular complexity index is 1090. The third-order valence-electron chi connectivity index (χ3n) is 5.05. The normalized spacial score (nSPS) is 12.5. The minimum atomic E-state index is -4.01. The lowest BCUT2D eigenvalue weighted by Crippen LogP contribution is -2.53. The number of nitrogens with one attached hydrogen (secondary N) is 1. The van der Waals surface area contributed by atoms with Gasteiger partial charge in [0, 0.05) is 42.3 Å². The van der Waals surface area contributed by atoms with Crippen molar-refractivity contribution >= 4 is 50.9 Å². The molecule has 0 spiro atoms. The van der Waals surface area contributed by atoms with Crippen molar-refractivity contribution in [1.82, 2.24) is 14.5 Å². The number of hydrogen-bond donors (Lipinski definition) is 1. The van der Waals surface area contributed by atoms with Gasteiger partial charge in [-0.15, -0.1) is 0 Å². The zero-order chi connectivity index (χ0) is 25.6. The highest BCUT2D eigenvalue weighted by Gasteiger charge is 2.33. The van der Waals surface area contributed by atoms with Crippen LogP contribution in [0.5, 0.6) is 0 Å². The molecule has 0 unspecified atom stereocenters. The molecular formula is C23H30Cl2N4O4S. The van der Waals surface area contributed by atoms with Crippen LogP contribution in [-0.4, -0.2) is 62.2 Å². The summed E-state index contributed by atoms with van der Waals surface area (Å²) in [6, 6.07) is 12.2. The Kier molecular flexibility index (Phi) is 9.75. The highest BCUT2D eigenvalue weighted by atomic mass is 35.5. The van der Waals surface area contributed by atoms with Gasteiger partial charge in [-0.25, -0.2) is 4.31 Å². The maximum atomic E-state index is 13.6. The van der Waals surface area contributed by atoms with Crippen LogP contribution in [0, 0.1) is 0 Å². The van der Waals surface area contributed by atoms with Gasteiger partial charge in [0.25, 0.3) is 0 Å². The number of carbonyl (C=O) groups excluding carboxylic acids is 2. The van der Waals surface area contributed by atoms with Crippen LogP contribution in [0.2, 0.25) is 10.0 Å². The molecule has 0 saturated heterocycles. The minimum absolute atomic E-state index is 0.0747. The van der Waals surface area contributed by atoms with Crippen LogP contribution >= 0.6 is 23.2 Å². The van der Waals surface area contributed by atoms with E-state index < -0.39 is 28.7 Å². The maximum absolute atomic E-state index is 13.6. The summed E-state index contributed by atoms with van der Waals surface area (Å²) in [5.41, 5.74) is 0.782. The summed E-state index contributed by atoms with van der Waals surface area (Å²) >= 11 is 12.7. The van der Waals surface area contributed by atoms with Gasteiger partial charge in [0.2, 0.25) is 11.8 Å². The Morgan fingerprint density at radius 2 is 1.50 bits per heavy atom. The molecule has 0 heterocycles. The first-order valence-corrected chi connectivity index (χ1v) is 12.8. The van der Waals surface area contributed by atoms with E-state index in [1.54, 1.807) is 55.5 Å². The standard InChI is InChI=1S/C23H30Cl2N4O4S/c1-16(2)26-23(31)17(3)28(14-19-20(24)12-9-13-21(19)25)22(30)15-29(34(32,33)27(4)5)18-10-7-6-8-11-18/h6-13,16-17H,14-15H2,1-5H3,(H,26,31)/t17-/m1/s1. The van der Waals surface area contributed by atoms with Crippen LogP contribution in [0.4, 0.5) is 5.69 Å². The largest absolute Gasteiger partial charge is 0.352 e. The number of para-hydroxylation sites is 1. The molecule has 186 valence electrons. The molecule has 0 aliphatic rings. The zero-order valence-corrected chi connectivity index (χ0v) is 22.2. The Hall–Kier alpha value is -2.33. The Balaban J connectivity index is 2.49. The summed E-state index contributed by atoms with van der Waals surface area (Å²) in [6.45, 7) is 4.60. The average molecular weight is 529 g/mol. The van der Waals surface area contributed by atoms with Gasteiger partial charge in [0.05, 0.1) is 5.69 Å². The molecule has 0 saturated carbocycles. The zero-order valence-electron chi connectivity index (χ0n) is 19.8. The molecule has 8 nitrogen and oxygen atoms in total. The van der Waals surface area contributed by atoms with Gasteiger partial charge in [-0.2, -0.15) is 12.7 Å². The molecule has 1 N–H and O–H groups in total. The smallest absolute Gasteiger partial charge is 0.304 e. The van der Waals surface area contributed by atoms with Gasteiger partial charge in [0.15, 0.2) is 0 Å². The molecule has 2 aromatic carbocycles. The molecule has 0 aromatic heterocycles. The van der Waals surface area contributed by atoms with Crippen molar-refractivity contribution in [2.75, 3.05) is 24.9 Å². The van der Waals surface area contributed by atoms with E-state index in [4.69, 9.17) is 23.2 Å². The van der Waals surface area contributed by atoms with E-state index in [0.717, 1.165) is 8.61 Å². The molecule has 2 aromatic rings. The van der Waals surface area contributed by atoms with E-state index in [1.807, 2.05) is 13.8 Å². The predicted molar refractivity (Wildman–Crippen MR) is 136 cm³/mol.